The predicted octanol–water partition coefficient (Wildman–Crippen LogP) is 4.85. The number of rotatable bonds is 13. The van der Waals surface area contributed by atoms with Crippen molar-refractivity contribution in [3.63, 3.8) is 0 Å². The third-order valence-electron chi connectivity index (χ3n) is 7.91. The van der Waals surface area contributed by atoms with Crippen molar-refractivity contribution in [2.75, 3.05) is 44.0 Å². The van der Waals surface area contributed by atoms with Gasteiger partial charge in [0.25, 0.3) is 0 Å². The standard InChI is InChI=1S/C23H29N3O3.C10H17NO3.C2H6/c1-24-19-11-7-17(8-12-19)18-9-13-20(14-10-18)25-23(29)21-5-4-15-26(21)22(28)6-2-3-16-27;12-7-2-1-5-10(14)11-6-3-4-9(11)8-13;1-2/h7-14,21,24,27H,2-6,15-16H2,1H3,(H,25,29);8-9,12H,1-7H2;1-2H3. The molecule has 2 atom stereocenters. The first-order valence-corrected chi connectivity index (χ1v) is 16.4. The van der Waals surface area contributed by atoms with Crippen molar-refractivity contribution in [3.8, 4) is 11.1 Å². The molecule has 0 aromatic heterocycles. The second-order valence-electron chi connectivity index (χ2n) is 10.9. The number of anilines is 2. The monoisotopic (exact) mass is 624 g/mol. The van der Waals surface area contributed by atoms with Gasteiger partial charge in [0.2, 0.25) is 17.7 Å². The third-order valence-corrected chi connectivity index (χ3v) is 7.91. The fourth-order valence-corrected chi connectivity index (χ4v) is 5.45. The molecule has 2 heterocycles. The number of unbranched alkanes of at least 4 members (excludes halogenated alkanes) is 2. The van der Waals surface area contributed by atoms with Gasteiger partial charge in [0.05, 0.1) is 6.04 Å². The minimum atomic E-state index is -0.412. The Balaban J connectivity index is 0.000000370. The number of hydrogen-bond donors (Lipinski definition) is 4. The number of hydrogen-bond acceptors (Lipinski definition) is 7. The highest BCUT2D eigenvalue weighted by Gasteiger charge is 2.33. The zero-order valence-electron chi connectivity index (χ0n) is 27.2. The Morgan fingerprint density at radius 2 is 1.24 bits per heavy atom. The van der Waals surface area contributed by atoms with Crippen LogP contribution in [-0.4, -0.2) is 89.5 Å². The Hall–Kier alpha value is -3.76. The van der Waals surface area contributed by atoms with E-state index in [0.29, 0.717) is 58.0 Å². The summed E-state index contributed by atoms with van der Waals surface area (Å²) >= 11 is 0. The number of amides is 3. The molecule has 2 aromatic rings. The van der Waals surface area contributed by atoms with E-state index in [1.54, 1.807) is 9.80 Å². The van der Waals surface area contributed by atoms with E-state index < -0.39 is 6.04 Å². The van der Waals surface area contributed by atoms with E-state index >= 15 is 0 Å². The zero-order valence-corrected chi connectivity index (χ0v) is 27.2. The lowest BCUT2D eigenvalue weighted by molar-refractivity contribution is -0.136. The lowest BCUT2D eigenvalue weighted by atomic mass is 10.0. The first-order valence-electron chi connectivity index (χ1n) is 16.4. The molecular weight excluding hydrogens is 572 g/mol. The number of carbonyl (C=O) groups is 4. The molecule has 0 saturated carbocycles. The Morgan fingerprint density at radius 3 is 1.76 bits per heavy atom. The minimum Gasteiger partial charge on any atom is -0.396 e. The van der Waals surface area contributed by atoms with Gasteiger partial charge in [-0.25, -0.2) is 0 Å². The maximum atomic E-state index is 12.7. The quantitative estimate of drug-likeness (QED) is 0.185. The van der Waals surface area contributed by atoms with Crippen LogP contribution in [0.1, 0.15) is 78.1 Å². The van der Waals surface area contributed by atoms with E-state index in [9.17, 15) is 19.2 Å². The van der Waals surface area contributed by atoms with Gasteiger partial charge >= 0.3 is 0 Å². The van der Waals surface area contributed by atoms with Crippen LogP contribution in [0.3, 0.4) is 0 Å². The van der Waals surface area contributed by atoms with Gasteiger partial charge in [-0.1, -0.05) is 38.1 Å². The molecule has 0 radical (unpaired) electrons. The van der Waals surface area contributed by atoms with Crippen molar-refractivity contribution in [1.29, 1.82) is 0 Å². The Kier molecular flexibility index (Phi) is 17.5. The second-order valence-corrected chi connectivity index (χ2v) is 10.9. The normalized spacial score (nSPS) is 17.0. The van der Waals surface area contributed by atoms with Crippen LogP contribution < -0.4 is 10.6 Å². The average molecular weight is 625 g/mol. The predicted molar refractivity (Wildman–Crippen MR) is 179 cm³/mol. The fourth-order valence-electron chi connectivity index (χ4n) is 5.45. The number of aldehydes is 1. The zero-order chi connectivity index (χ0) is 33.0. The molecule has 2 saturated heterocycles. The number of nitrogens with zero attached hydrogens (tertiary/aromatic N) is 2. The van der Waals surface area contributed by atoms with Gasteiger partial charge in [-0.3, -0.25) is 14.4 Å². The lowest BCUT2D eigenvalue weighted by Gasteiger charge is -2.24. The molecule has 0 spiro atoms. The van der Waals surface area contributed by atoms with E-state index in [1.807, 2.05) is 57.3 Å². The summed E-state index contributed by atoms with van der Waals surface area (Å²) in [7, 11) is 1.89. The number of aliphatic hydroxyl groups is 2. The maximum absolute atomic E-state index is 12.7. The highest BCUT2D eigenvalue weighted by Crippen LogP contribution is 2.25. The number of carbonyl (C=O) groups excluding carboxylic acids is 4. The summed E-state index contributed by atoms with van der Waals surface area (Å²) in [6.45, 7) is 5.55. The SMILES string of the molecule is CC.CNc1ccc(-c2ccc(NC(=O)C3CCCN3C(=O)CCCCO)cc2)cc1.O=CC1CCCN1C(=O)CCCCO. The molecule has 45 heavy (non-hydrogen) atoms. The van der Waals surface area contributed by atoms with Gasteiger partial charge in [-0.15, -0.1) is 0 Å². The number of likely N-dealkylation sites (tertiary alicyclic amines) is 2. The van der Waals surface area contributed by atoms with E-state index in [1.165, 1.54) is 0 Å². The van der Waals surface area contributed by atoms with Crippen molar-refractivity contribution in [3.05, 3.63) is 48.5 Å². The van der Waals surface area contributed by atoms with Gasteiger partial charge in [0.1, 0.15) is 12.3 Å². The van der Waals surface area contributed by atoms with Crippen LogP contribution in [0.2, 0.25) is 0 Å². The Bertz CT molecular complexity index is 1170. The van der Waals surface area contributed by atoms with Crippen molar-refractivity contribution in [2.45, 2.75) is 90.1 Å². The van der Waals surface area contributed by atoms with Gasteiger partial charge in [-0.05, 0) is 86.8 Å². The molecule has 4 rings (SSSR count). The van der Waals surface area contributed by atoms with Crippen LogP contribution in [0.4, 0.5) is 11.4 Å². The van der Waals surface area contributed by atoms with Crippen LogP contribution in [-0.2, 0) is 19.2 Å². The van der Waals surface area contributed by atoms with Gasteiger partial charge in [0.15, 0.2) is 0 Å². The lowest BCUT2D eigenvalue weighted by Crippen LogP contribution is -2.43. The average Bonchev–Trinajstić information content (AvgIpc) is 3.77. The van der Waals surface area contributed by atoms with Crippen LogP contribution in [0, 0.1) is 0 Å². The van der Waals surface area contributed by atoms with Crippen LogP contribution in [0.5, 0.6) is 0 Å². The number of aliphatic hydroxyl groups excluding tert-OH is 2. The highest BCUT2D eigenvalue weighted by molar-refractivity contribution is 5.97. The Morgan fingerprint density at radius 1 is 0.756 bits per heavy atom. The van der Waals surface area contributed by atoms with Gasteiger partial charge in [-0.2, -0.15) is 0 Å². The molecule has 2 fully saturated rings. The molecule has 0 bridgehead atoms. The van der Waals surface area contributed by atoms with Crippen molar-refractivity contribution < 1.29 is 29.4 Å². The molecule has 3 amide bonds. The first-order chi connectivity index (χ1) is 21.9. The molecule has 248 valence electrons. The second kappa shape index (κ2) is 21.1. The summed E-state index contributed by atoms with van der Waals surface area (Å²) in [6, 6.07) is 15.3. The number of benzene rings is 2. The topological polar surface area (TPSA) is 139 Å². The molecule has 10 nitrogen and oxygen atoms in total. The summed E-state index contributed by atoms with van der Waals surface area (Å²) in [5, 5.41) is 23.5. The molecule has 0 aliphatic carbocycles. The highest BCUT2D eigenvalue weighted by atomic mass is 16.3. The summed E-state index contributed by atoms with van der Waals surface area (Å²) in [6.07, 6.45) is 7.57. The van der Waals surface area contributed by atoms with E-state index in [2.05, 4.69) is 22.8 Å². The summed E-state index contributed by atoms with van der Waals surface area (Å²) in [5.41, 5.74) is 3.97. The maximum Gasteiger partial charge on any atom is 0.247 e. The van der Waals surface area contributed by atoms with E-state index in [0.717, 1.165) is 48.1 Å². The largest absolute Gasteiger partial charge is 0.396 e. The smallest absolute Gasteiger partial charge is 0.247 e. The molecular formula is C35H52N4O6. The summed E-state index contributed by atoms with van der Waals surface area (Å²) < 4.78 is 0. The van der Waals surface area contributed by atoms with E-state index in [4.69, 9.17) is 10.2 Å². The molecule has 2 aliphatic heterocycles. The Labute approximate surface area is 268 Å². The van der Waals surface area contributed by atoms with Crippen molar-refractivity contribution in [2.24, 2.45) is 0 Å². The van der Waals surface area contributed by atoms with Gasteiger partial charge in [0, 0.05) is 57.6 Å². The van der Waals surface area contributed by atoms with Crippen molar-refractivity contribution in [1.82, 2.24) is 9.80 Å². The third kappa shape index (κ3) is 11.9. The molecule has 2 aromatic carbocycles. The summed E-state index contributed by atoms with van der Waals surface area (Å²) in [4.78, 5) is 50.7. The first kappa shape index (κ1) is 37.4. The van der Waals surface area contributed by atoms with E-state index in [-0.39, 0.29) is 37.0 Å². The van der Waals surface area contributed by atoms with Crippen LogP contribution >= 0.6 is 0 Å². The molecule has 4 N–H and O–H groups in total. The molecule has 10 heteroatoms. The molecule has 2 unspecified atom stereocenters. The summed E-state index contributed by atoms with van der Waals surface area (Å²) in [5.74, 6) is -0.0892. The van der Waals surface area contributed by atoms with Crippen molar-refractivity contribution >= 4 is 35.4 Å². The fraction of sp³-hybridized carbons (Fsp3) is 0.543. The van der Waals surface area contributed by atoms with Crippen LogP contribution in [0.15, 0.2) is 48.5 Å². The van der Waals surface area contributed by atoms with Gasteiger partial charge < -0.3 is 35.4 Å². The minimum absolute atomic E-state index is 0.00327. The number of nitrogens with one attached hydrogen (secondary N) is 2. The van der Waals surface area contributed by atoms with Crippen LogP contribution in [0.25, 0.3) is 11.1 Å². The molecule has 2 aliphatic rings.